The van der Waals surface area contributed by atoms with E-state index in [4.69, 9.17) is 4.52 Å². The molecule has 2 amide bonds. The number of nitrogens with zero attached hydrogens (tertiary/aromatic N) is 1. The van der Waals surface area contributed by atoms with E-state index in [1.807, 2.05) is 6.92 Å². The van der Waals surface area contributed by atoms with Crippen LogP contribution in [0.4, 0.5) is 5.82 Å². The van der Waals surface area contributed by atoms with E-state index in [2.05, 4.69) is 21.1 Å². The minimum atomic E-state index is -0.205. The first kappa shape index (κ1) is 19.8. The number of carbonyl (C=O) groups is 2. The van der Waals surface area contributed by atoms with Crippen molar-refractivity contribution in [1.82, 2.24) is 15.8 Å². The van der Waals surface area contributed by atoms with Crippen LogP contribution in [0.15, 0.2) is 10.6 Å². The van der Waals surface area contributed by atoms with Gasteiger partial charge in [0.2, 0.25) is 11.8 Å². The highest BCUT2D eigenvalue weighted by Gasteiger charge is 2.07. The Morgan fingerprint density at radius 2 is 2.00 bits per heavy atom. The highest BCUT2D eigenvalue weighted by atomic mass is 35.5. The summed E-state index contributed by atoms with van der Waals surface area (Å²) in [5.74, 6) is 1.21. The highest BCUT2D eigenvalue weighted by molar-refractivity contribution is 8.00. The number of rotatable bonds is 9. The second-order valence-corrected chi connectivity index (χ2v) is 5.05. The molecule has 0 saturated carbocycles. The maximum atomic E-state index is 11.5. The molecule has 0 aliphatic heterocycles. The fourth-order valence-electron chi connectivity index (χ4n) is 1.36. The molecule has 0 radical (unpaired) electrons. The van der Waals surface area contributed by atoms with Crippen LogP contribution in [0.1, 0.15) is 12.7 Å². The van der Waals surface area contributed by atoms with Crippen LogP contribution in [0.5, 0.6) is 0 Å². The Kier molecular flexibility index (Phi) is 10.7. The van der Waals surface area contributed by atoms with Gasteiger partial charge in [-0.2, -0.15) is 0 Å². The molecule has 0 aliphatic carbocycles. The van der Waals surface area contributed by atoms with Gasteiger partial charge in [-0.3, -0.25) is 9.59 Å². The van der Waals surface area contributed by atoms with Gasteiger partial charge in [-0.1, -0.05) is 12.1 Å². The second-order valence-electron chi connectivity index (χ2n) is 4.07. The zero-order valence-electron chi connectivity index (χ0n) is 12.1. The summed E-state index contributed by atoms with van der Waals surface area (Å²) in [6, 6.07) is 1.63. The summed E-state index contributed by atoms with van der Waals surface area (Å²) >= 11 is 1.26. The second kappa shape index (κ2) is 11.4. The summed E-state index contributed by atoms with van der Waals surface area (Å²) in [6.45, 7) is 5.98. The van der Waals surface area contributed by atoms with Gasteiger partial charge < -0.3 is 20.5 Å². The summed E-state index contributed by atoms with van der Waals surface area (Å²) in [4.78, 5) is 23.0. The topological polar surface area (TPSA) is 96.3 Å². The van der Waals surface area contributed by atoms with Crippen molar-refractivity contribution in [2.24, 2.45) is 0 Å². The van der Waals surface area contributed by atoms with E-state index >= 15 is 0 Å². The molecule has 0 aliphatic rings. The first-order valence-corrected chi connectivity index (χ1v) is 7.55. The number of aromatic nitrogens is 1. The molecule has 0 unspecified atom stereocenters. The number of hydrogen-bond acceptors (Lipinski definition) is 6. The molecular formula is C12H21ClN4O3S. The van der Waals surface area contributed by atoms with Crippen molar-refractivity contribution in [3.05, 3.63) is 11.8 Å². The van der Waals surface area contributed by atoms with Crippen LogP contribution >= 0.6 is 24.2 Å². The zero-order valence-corrected chi connectivity index (χ0v) is 13.7. The van der Waals surface area contributed by atoms with E-state index in [9.17, 15) is 9.59 Å². The summed E-state index contributed by atoms with van der Waals surface area (Å²) in [5.41, 5.74) is 0. The molecule has 21 heavy (non-hydrogen) atoms. The summed E-state index contributed by atoms with van der Waals surface area (Å²) < 4.78 is 4.83. The zero-order chi connectivity index (χ0) is 14.8. The molecule has 1 rings (SSSR count). The SMILES string of the molecule is CCNCCNC(=O)CSCC(=O)Nc1cc(C)on1.Cl. The summed E-state index contributed by atoms with van der Waals surface area (Å²) in [6.07, 6.45) is 0. The molecule has 0 fully saturated rings. The Morgan fingerprint density at radius 1 is 1.29 bits per heavy atom. The predicted molar refractivity (Wildman–Crippen MR) is 86.0 cm³/mol. The van der Waals surface area contributed by atoms with Crippen molar-refractivity contribution in [2.45, 2.75) is 13.8 Å². The Morgan fingerprint density at radius 3 is 2.62 bits per heavy atom. The highest BCUT2D eigenvalue weighted by Crippen LogP contribution is 2.08. The molecule has 1 heterocycles. The van der Waals surface area contributed by atoms with Crippen molar-refractivity contribution >= 4 is 41.8 Å². The van der Waals surface area contributed by atoms with Gasteiger partial charge in [-0.15, -0.1) is 24.2 Å². The summed E-state index contributed by atoms with van der Waals surface area (Å²) in [7, 11) is 0. The molecular weight excluding hydrogens is 316 g/mol. The largest absolute Gasteiger partial charge is 0.360 e. The minimum absolute atomic E-state index is 0. The first-order valence-electron chi connectivity index (χ1n) is 6.40. The average molecular weight is 337 g/mol. The molecule has 120 valence electrons. The van der Waals surface area contributed by atoms with Crippen LogP contribution in [0.25, 0.3) is 0 Å². The third-order valence-corrected chi connectivity index (χ3v) is 3.17. The fraction of sp³-hybridized carbons (Fsp3) is 0.583. The van der Waals surface area contributed by atoms with Crippen LogP contribution in [0.3, 0.4) is 0 Å². The first-order chi connectivity index (χ1) is 9.61. The smallest absolute Gasteiger partial charge is 0.235 e. The molecule has 0 spiro atoms. The monoisotopic (exact) mass is 336 g/mol. The van der Waals surface area contributed by atoms with Gasteiger partial charge in [0, 0.05) is 19.2 Å². The van der Waals surface area contributed by atoms with E-state index in [0.29, 0.717) is 18.1 Å². The number of aryl methyl sites for hydroxylation is 1. The number of nitrogens with one attached hydrogen (secondary N) is 3. The standard InChI is InChI=1S/C12H20N4O3S.ClH/c1-3-13-4-5-14-11(17)7-20-8-12(18)15-10-6-9(2)19-16-10;/h6,13H,3-5,7-8H2,1-2H3,(H,14,17)(H,15,16,18);1H. The molecule has 9 heteroatoms. The molecule has 0 atom stereocenters. The van der Waals surface area contributed by atoms with Crippen molar-refractivity contribution in [3.63, 3.8) is 0 Å². The summed E-state index contributed by atoms with van der Waals surface area (Å²) in [5, 5.41) is 12.1. The molecule has 0 aromatic carbocycles. The number of thioether (sulfide) groups is 1. The van der Waals surface area contributed by atoms with Crippen molar-refractivity contribution < 1.29 is 14.1 Å². The third kappa shape index (κ3) is 9.33. The van der Waals surface area contributed by atoms with Crippen LogP contribution < -0.4 is 16.0 Å². The lowest BCUT2D eigenvalue weighted by Gasteiger charge is -2.05. The van der Waals surface area contributed by atoms with Crippen molar-refractivity contribution in [2.75, 3.05) is 36.5 Å². The molecule has 0 bridgehead atoms. The van der Waals surface area contributed by atoms with E-state index in [0.717, 1.165) is 13.1 Å². The number of anilines is 1. The van der Waals surface area contributed by atoms with Gasteiger partial charge in [0.25, 0.3) is 0 Å². The predicted octanol–water partition coefficient (Wildman–Crippen LogP) is 0.802. The Hall–Kier alpha value is -1.25. The number of hydrogen-bond donors (Lipinski definition) is 3. The van der Waals surface area contributed by atoms with Crippen LogP contribution in [0, 0.1) is 6.92 Å². The lowest BCUT2D eigenvalue weighted by Crippen LogP contribution is -2.33. The van der Waals surface area contributed by atoms with Gasteiger partial charge in [0.1, 0.15) is 5.76 Å². The van der Waals surface area contributed by atoms with Crippen LogP contribution in [0.2, 0.25) is 0 Å². The minimum Gasteiger partial charge on any atom is -0.360 e. The molecule has 0 saturated heterocycles. The van der Waals surface area contributed by atoms with Crippen molar-refractivity contribution in [1.29, 1.82) is 0 Å². The lowest BCUT2D eigenvalue weighted by molar-refractivity contribution is -0.118. The Balaban J connectivity index is 0.00000400. The van der Waals surface area contributed by atoms with Crippen molar-refractivity contribution in [3.8, 4) is 0 Å². The maximum absolute atomic E-state index is 11.5. The third-order valence-electron chi connectivity index (χ3n) is 2.24. The van der Waals surface area contributed by atoms with Gasteiger partial charge in [0.05, 0.1) is 11.5 Å². The van der Waals surface area contributed by atoms with E-state index < -0.39 is 0 Å². The number of carbonyl (C=O) groups excluding carboxylic acids is 2. The van der Waals surface area contributed by atoms with E-state index in [1.165, 1.54) is 11.8 Å². The molecule has 3 N–H and O–H groups in total. The number of halogens is 1. The quantitative estimate of drug-likeness (QED) is 0.577. The normalized spacial score (nSPS) is 9.81. The van der Waals surface area contributed by atoms with Crippen LogP contribution in [-0.2, 0) is 9.59 Å². The van der Waals surface area contributed by atoms with E-state index in [1.54, 1.807) is 13.0 Å². The Labute approximate surface area is 134 Å². The van der Waals surface area contributed by atoms with Gasteiger partial charge in [-0.05, 0) is 13.5 Å². The van der Waals surface area contributed by atoms with Gasteiger partial charge in [0.15, 0.2) is 5.82 Å². The average Bonchev–Trinajstić information content (AvgIpc) is 2.80. The van der Waals surface area contributed by atoms with E-state index in [-0.39, 0.29) is 35.7 Å². The molecule has 7 nitrogen and oxygen atoms in total. The lowest BCUT2D eigenvalue weighted by atomic mass is 10.5. The number of likely N-dealkylation sites (N-methyl/N-ethyl adjacent to an activating group) is 1. The number of amides is 2. The van der Waals surface area contributed by atoms with Crippen LogP contribution in [-0.4, -0.2) is 48.1 Å². The fourth-order valence-corrected chi connectivity index (χ4v) is 2.01. The maximum Gasteiger partial charge on any atom is 0.235 e. The van der Waals surface area contributed by atoms with Gasteiger partial charge >= 0.3 is 0 Å². The Bertz CT molecular complexity index is 442. The molecule has 1 aromatic rings. The van der Waals surface area contributed by atoms with Gasteiger partial charge in [-0.25, -0.2) is 0 Å². The molecule has 1 aromatic heterocycles.